The number of fused-ring (bicyclic) bond motifs is 1. The van der Waals surface area contributed by atoms with Gasteiger partial charge in [0.2, 0.25) is 10.0 Å². The average molecular weight is 522 g/mol. The predicted octanol–water partition coefficient (Wildman–Crippen LogP) is 2.96. The van der Waals surface area contributed by atoms with E-state index in [-0.39, 0.29) is 30.2 Å². The number of hydrogen-bond acceptors (Lipinski definition) is 8. The molecule has 1 aromatic carbocycles. The van der Waals surface area contributed by atoms with Crippen molar-refractivity contribution in [1.82, 2.24) is 9.21 Å². The Kier molecular flexibility index (Phi) is 7.62. The molecule has 4 rings (SSSR count). The van der Waals surface area contributed by atoms with Crippen LogP contribution in [0.4, 0.5) is 5.00 Å². The number of rotatable bonds is 6. The van der Waals surface area contributed by atoms with Crippen LogP contribution in [0.5, 0.6) is 0 Å². The molecule has 0 bridgehead atoms. The zero-order valence-corrected chi connectivity index (χ0v) is 22.0. The van der Waals surface area contributed by atoms with E-state index in [1.165, 1.54) is 47.0 Å². The Morgan fingerprint density at radius 1 is 1.17 bits per heavy atom. The molecule has 1 N–H and O–H groups in total. The number of carbonyl (C=O) groups is 2. The van der Waals surface area contributed by atoms with Crippen molar-refractivity contribution in [3.63, 3.8) is 0 Å². The summed E-state index contributed by atoms with van der Waals surface area (Å²) < 4.78 is 38.2. The maximum atomic E-state index is 13.1. The number of nitrogens with one attached hydrogen (secondary N) is 1. The van der Waals surface area contributed by atoms with Gasteiger partial charge in [-0.3, -0.25) is 9.69 Å². The Hall–Kier alpha value is -2.31. The number of morpholine rings is 1. The molecule has 11 heteroatoms. The molecule has 2 aliphatic heterocycles. The quantitative estimate of drug-likeness (QED) is 0.583. The number of hydrogen-bond donors (Lipinski definition) is 1. The fraction of sp³-hybridized carbons (Fsp3) is 0.500. The summed E-state index contributed by atoms with van der Waals surface area (Å²) in [5.41, 5.74) is 1.63. The second-order valence-corrected chi connectivity index (χ2v) is 11.9. The molecule has 0 aliphatic carbocycles. The van der Waals surface area contributed by atoms with Crippen LogP contribution in [0.1, 0.15) is 51.9 Å². The van der Waals surface area contributed by atoms with Crippen LogP contribution in [-0.2, 0) is 32.5 Å². The van der Waals surface area contributed by atoms with Crippen molar-refractivity contribution in [3.05, 3.63) is 45.8 Å². The van der Waals surface area contributed by atoms with Gasteiger partial charge in [0.1, 0.15) is 5.00 Å². The first-order chi connectivity index (χ1) is 16.6. The highest BCUT2D eigenvalue weighted by Gasteiger charge is 2.33. The number of esters is 1. The molecule has 9 nitrogen and oxygen atoms in total. The Morgan fingerprint density at radius 2 is 1.83 bits per heavy atom. The normalized spacial score (nSPS) is 21.4. The number of benzene rings is 1. The van der Waals surface area contributed by atoms with Crippen LogP contribution in [0.2, 0.25) is 0 Å². The van der Waals surface area contributed by atoms with Crippen LogP contribution in [0.25, 0.3) is 0 Å². The van der Waals surface area contributed by atoms with E-state index in [0.29, 0.717) is 22.5 Å². The first kappa shape index (κ1) is 25.8. The molecule has 1 amide bonds. The van der Waals surface area contributed by atoms with Gasteiger partial charge in [-0.05, 0) is 56.6 Å². The maximum Gasteiger partial charge on any atom is 0.341 e. The largest absolute Gasteiger partial charge is 0.465 e. The monoisotopic (exact) mass is 521 g/mol. The lowest BCUT2D eigenvalue weighted by molar-refractivity contribution is -0.0440. The van der Waals surface area contributed by atoms with E-state index in [9.17, 15) is 18.0 Å². The molecular formula is C24H31N3O6S2. The van der Waals surface area contributed by atoms with E-state index in [4.69, 9.17) is 9.47 Å². The van der Waals surface area contributed by atoms with Crippen LogP contribution in [-0.4, -0.2) is 75.0 Å². The van der Waals surface area contributed by atoms with Gasteiger partial charge in [0.15, 0.2) is 0 Å². The Bertz CT molecular complexity index is 1200. The number of methoxy groups -OCH3 is 1. The summed E-state index contributed by atoms with van der Waals surface area (Å²) in [5.74, 6) is -0.892. The Morgan fingerprint density at radius 3 is 2.43 bits per heavy atom. The lowest BCUT2D eigenvalue weighted by Gasteiger charge is -2.34. The molecule has 0 unspecified atom stereocenters. The van der Waals surface area contributed by atoms with Gasteiger partial charge in [0.05, 0.1) is 29.8 Å². The van der Waals surface area contributed by atoms with Crippen molar-refractivity contribution in [3.8, 4) is 0 Å². The predicted molar refractivity (Wildman–Crippen MR) is 133 cm³/mol. The van der Waals surface area contributed by atoms with Gasteiger partial charge in [-0.15, -0.1) is 11.3 Å². The van der Waals surface area contributed by atoms with Gasteiger partial charge in [0.25, 0.3) is 5.91 Å². The van der Waals surface area contributed by atoms with Crippen LogP contribution in [0.15, 0.2) is 29.2 Å². The summed E-state index contributed by atoms with van der Waals surface area (Å²) in [4.78, 5) is 29.0. The third-order valence-electron chi connectivity index (χ3n) is 6.34. The second-order valence-electron chi connectivity index (χ2n) is 8.88. The maximum absolute atomic E-state index is 13.1. The fourth-order valence-corrected chi connectivity index (χ4v) is 7.43. The van der Waals surface area contributed by atoms with Gasteiger partial charge >= 0.3 is 5.97 Å². The number of sulfonamides is 1. The molecule has 2 aromatic rings. The van der Waals surface area contributed by atoms with E-state index >= 15 is 0 Å². The highest BCUT2D eigenvalue weighted by atomic mass is 32.2. The second kappa shape index (κ2) is 10.4. The van der Waals surface area contributed by atoms with Gasteiger partial charge in [-0.25, -0.2) is 13.2 Å². The third-order valence-corrected chi connectivity index (χ3v) is 9.32. The minimum absolute atomic E-state index is 0.122. The molecule has 190 valence electrons. The topological polar surface area (TPSA) is 105 Å². The summed E-state index contributed by atoms with van der Waals surface area (Å²) in [6, 6.07) is 5.85. The van der Waals surface area contributed by atoms with Crippen LogP contribution >= 0.6 is 11.3 Å². The van der Waals surface area contributed by atoms with Crippen molar-refractivity contribution < 1.29 is 27.5 Å². The highest BCUT2D eigenvalue weighted by molar-refractivity contribution is 7.89. The van der Waals surface area contributed by atoms with Crippen molar-refractivity contribution in [1.29, 1.82) is 0 Å². The Labute approximate surface area is 210 Å². The number of thiophene rings is 1. The number of likely N-dealkylation sites (N-methyl/N-ethyl adjacent to an activating group) is 1. The van der Waals surface area contributed by atoms with Gasteiger partial charge < -0.3 is 14.8 Å². The Balaban J connectivity index is 1.54. The zero-order valence-electron chi connectivity index (χ0n) is 20.4. The summed E-state index contributed by atoms with van der Waals surface area (Å²) >= 11 is 1.39. The molecule has 2 atom stereocenters. The average Bonchev–Trinajstić information content (AvgIpc) is 3.19. The smallest absolute Gasteiger partial charge is 0.341 e. The molecule has 0 radical (unpaired) electrons. The summed E-state index contributed by atoms with van der Waals surface area (Å²) in [6.07, 6.45) is 0.331. The minimum Gasteiger partial charge on any atom is -0.465 e. The van der Waals surface area contributed by atoms with Gasteiger partial charge in [-0.2, -0.15) is 4.31 Å². The molecule has 1 aromatic heterocycles. The number of amides is 1. The van der Waals surface area contributed by atoms with Gasteiger partial charge in [0, 0.05) is 36.6 Å². The zero-order chi connectivity index (χ0) is 25.3. The van der Waals surface area contributed by atoms with Crippen molar-refractivity contribution >= 4 is 38.2 Å². The number of carbonyl (C=O) groups excluding carboxylic acids is 2. The van der Waals surface area contributed by atoms with Gasteiger partial charge in [-0.1, -0.05) is 6.92 Å². The van der Waals surface area contributed by atoms with Crippen LogP contribution in [0.3, 0.4) is 0 Å². The molecule has 0 spiro atoms. The molecule has 35 heavy (non-hydrogen) atoms. The molecule has 1 saturated heterocycles. The number of nitrogens with zero attached hydrogens (tertiary/aromatic N) is 2. The minimum atomic E-state index is -3.70. The summed E-state index contributed by atoms with van der Waals surface area (Å²) in [6.45, 7) is 8.81. The van der Waals surface area contributed by atoms with E-state index < -0.39 is 21.9 Å². The van der Waals surface area contributed by atoms with E-state index in [2.05, 4.69) is 17.1 Å². The van der Waals surface area contributed by atoms with Crippen LogP contribution in [0, 0.1) is 0 Å². The summed E-state index contributed by atoms with van der Waals surface area (Å²) in [7, 11) is -2.37. The van der Waals surface area contributed by atoms with E-state index in [1.54, 1.807) is 0 Å². The van der Waals surface area contributed by atoms with E-state index in [0.717, 1.165) is 30.1 Å². The van der Waals surface area contributed by atoms with Crippen molar-refractivity contribution in [2.24, 2.45) is 0 Å². The molecular weight excluding hydrogens is 490 g/mol. The SMILES string of the molecule is CCN1CCc2c(sc(NC(=O)c3ccc(S(=O)(=O)N4C[C@@H](C)O[C@@H](C)C4)cc3)c2C(=O)OC)C1. The highest BCUT2D eigenvalue weighted by Crippen LogP contribution is 2.38. The van der Waals surface area contributed by atoms with Crippen molar-refractivity contribution in [2.75, 3.05) is 38.6 Å². The number of anilines is 1. The molecule has 2 aliphatic rings. The first-order valence-electron chi connectivity index (χ1n) is 11.7. The molecule has 3 heterocycles. The number of ether oxygens (including phenoxy) is 2. The first-order valence-corrected chi connectivity index (χ1v) is 13.9. The fourth-order valence-electron chi connectivity index (χ4n) is 4.56. The summed E-state index contributed by atoms with van der Waals surface area (Å²) in [5, 5.41) is 3.31. The lowest BCUT2D eigenvalue weighted by atomic mass is 10.0. The standard InChI is InChI=1S/C24H31N3O6S2/c1-5-26-11-10-19-20(14-26)34-23(21(19)24(29)32-4)25-22(28)17-6-8-18(9-7-17)35(30,31)27-12-15(2)33-16(3)13-27/h6-9,15-16H,5,10-14H2,1-4H3,(H,25,28)/t15-,16+. The van der Waals surface area contributed by atoms with E-state index in [1.807, 2.05) is 13.8 Å². The molecule has 1 fully saturated rings. The van der Waals surface area contributed by atoms with Crippen molar-refractivity contribution in [2.45, 2.75) is 50.8 Å². The lowest BCUT2D eigenvalue weighted by Crippen LogP contribution is -2.48. The van der Waals surface area contributed by atoms with Crippen LogP contribution < -0.4 is 5.32 Å². The third kappa shape index (κ3) is 5.29. The molecule has 0 saturated carbocycles.